The number of nitrogens with zero attached hydrogens (tertiary/aromatic N) is 2. The molecular formula is C18H20F2N2O2. The molecule has 0 aliphatic heterocycles. The predicted molar refractivity (Wildman–Crippen MR) is 85.8 cm³/mol. The molecule has 1 aromatic heterocycles. The number of esters is 1. The van der Waals surface area contributed by atoms with Crippen molar-refractivity contribution in [1.29, 1.82) is 0 Å². The molecule has 0 bridgehead atoms. The van der Waals surface area contributed by atoms with Gasteiger partial charge in [-0.15, -0.1) is 0 Å². The Bertz CT molecular complexity index is 755. The number of fused-ring (bicyclic) bond motifs is 1. The standard InChI is InChI=1S/C18H20F2N2O2/c1-3-24-18(23)12-7-5-8-13(10-12)22-16-11(2)6-4-9-14(16)15(21-22)17(19)20/h5,7-8,10-11,17H,3-4,6,9H2,1-2H3. The molecule has 1 atom stereocenters. The number of aromatic nitrogens is 2. The van der Waals surface area contributed by atoms with E-state index in [2.05, 4.69) is 5.10 Å². The maximum Gasteiger partial charge on any atom is 0.338 e. The molecule has 128 valence electrons. The van der Waals surface area contributed by atoms with Crippen molar-refractivity contribution in [1.82, 2.24) is 9.78 Å². The molecular weight excluding hydrogens is 314 g/mol. The summed E-state index contributed by atoms with van der Waals surface area (Å²) in [4.78, 5) is 11.9. The summed E-state index contributed by atoms with van der Waals surface area (Å²) in [6.45, 7) is 4.05. The Hall–Kier alpha value is -2.24. The number of benzene rings is 1. The van der Waals surface area contributed by atoms with Crippen molar-refractivity contribution in [2.24, 2.45) is 0 Å². The highest BCUT2D eigenvalue weighted by Gasteiger charge is 2.30. The minimum absolute atomic E-state index is 0.141. The zero-order valence-electron chi connectivity index (χ0n) is 13.8. The van der Waals surface area contributed by atoms with Crippen LogP contribution in [-0.4, -0.2) is 22.4 Å². The van der Waals surface area contributed by atoms with Gasteiger partial charge in [-0.1, -0.05) is 13.0 Å². The van der Waals surface area contributed by atoms with E-state index < -0.39 is 12.4 Å². The summed E-state index contributed by atoms with van der Waals surface area (Å²) >= 11 is 0. The quantitative estimate of drug-likeness (QED) is 0.777. The van der Waals surface area contributed by atoms with Gasteiger partial charge in [0.25, 0.3) is 6.43 Å². The van der Waals surface area contributed by atoms with Crippen LogP contribution in [0.1, 0.15) is 66.3 Å². The third-order valence-electron chi connectivity index (χ3n) is 4.39. The number of halogens is 2. The average Bonchev–Trinajstić information content (AvgIpc) is 2.96. The van der Waals surface area contributed by atoms with Crippen LogP contribution in [0.4, 0.5) is 8.78 Å². The van der Waals surface area contributed by atoms with Crippen LogP contribution in [0.25, 0.3) is 5.69 Å². The lowest BCUT2D eigenvalue weighted by Gasteiger charge is -2.21. The lowest BCUT2D eigenvalue weighted by Crippen LogP contribution is -2.12. The molecule has 2 aromatic rings. The van der Waals surface area contributed by atoms with Crippen molar-refractivity contribution >= 4 is 5.97 Å². The van der Waals surface area contributed by atoms with E-state index in [-0.39, 0.29) is 18.2 Å². The van der Waals surface area contributed by atoms with Crippen molar-refractivity contribution in [3.05, 3.63) is 46.8 Å². The molecule has 6 heteroatoms. The summed E-state index contributed by atoms with van der Waals surface area (Å²) in [5.41, 5.74) is 2.35. The lowest BCUT2D eigenvalue weighted by atomic mass is 9.87. The molecule has 1 aliphatic carbocycles. The maximum atomic E-state index is 13.4. The summed E-state index contributed by atoms with van der Waals surface area (Å²) in [6.07, 6.45) is -0.142. The molecule has 0 N–H and O–H groups in total. The molecule has 0 saturated carbocycles. The van der Waals surface area contributed by atoms with E-state index in [1.807, 2.05) is 6.92 Å². The van der Waals surface area contributed by atoms with Crippen molar-refractivity contribution in [2.75, 3.05) is 6.61 Å². The highest BCUT2D eigenvalue weighted by atomic mass is 19.3. The Balaban J connectivity index is 2.10. The third kappa shape index (κ3) is 2.92. The first-order chi connectivity index (χ1) is 11.5. The van der Waals surface area contributed by atoms with E-state index >= 15 is 0 Å². The Morgan fingerprint density at radius 1 is 1.46 bits per heavy atom. The molecule has 1 heterocycles. The van der Waals surface area contributed by atoms with E-state index in [4.69, 9.17) is 4.74 Å². The molecule has 4 nitrogen and oxygen atoms in total. The number of rotatable bonds is 4. The highest BCUT2D eigenvalue weighted by Crippen LogP contribution is 2.37. The van der Waals surface area contributed by atoms with Gasteiger partial charge in [-0.05, 0) is 50.3 Å². The first-order valence-corrected chi connectivity index (χ1v) is 8.20. The molecule has 1 aromatic carbocycles. The monoisotopic (exact) mass is 334 g/mol. The SMILES string of the molecule is CCOC(=O)c1cccc(-n2nc(C(F)F)c3c2C(C)CCC3)c1. The van der Waals surface area contributed by atoms with E-state index in [0.29, 0.717) is 23.2 Å². The van der Waals surface area contributed by atoms with Crippen LogP contribution in [0, 0.1) is 0 Å². The van der Waals surface area contributed by atoms with Gasteiger partial charge in [-0.25, -0.2) is 18.3 Å². The zero-order chi connectivity index (χ0) is 17.3. The van der Waals surface area contributed by atoms with Gasteiger partial charge in [0, 0.05) is 5.56 Å². The average molecular weight is 334 g/mol. The fourth-order valence-corrected chi connectivity index (χ4v) is 3.32. The Labute approximate surface area is 139 Å². The summed E-state index contributed by atoms with van der Waals surface area (Å²) in [7, 11) is 0. The number of hydrogen-bond donors (Lipinski definition) is 0. The molecule has 0 radical (unpaired) electrons. The van der Waals surface area contributed by atoms with Crippen molar-refractivity contribution in [3.8, 4) is 5.69 Å². The van der Waals surface area contributed by atoms with Crippen molar-refractivity contribution < 1.29 is 18.3 Å². The molecule has 3 rings (SSSR count). The second kappa shape index (κ2) is 6.71. The van der Waals surface area contributed by atoms with Crippen LogP contribution < -0.4 is 0 Å². The van der Waals surface area contributed by atoms with E-state index in [9.17, 15) is 13.6 Å². The van der Waals surface area contributed by atoms with Crippen molar-refractivity contribution in [3.63, 3.8) is 0 Å². The zero-order valence-corrected chi connectivity index (χ0v) is 13.8. The summed E-state index contributed by atoms with van der Waals surface area (Å²) in [5.74, 6) is -0.275. The number of carbonyl (C=O) groups excluding carboxylic acids is 1. The largest absolute Gasteiger partial charge is 0.462 e. The van der Waals surface area contributed by atoms with Gasteiger partial charge in [-0.3, -0.25) is 0 Å². The van der Waals surface area contributed by atoms with Crippen LogP contribution >= 0.6 is 0 Å². The maximum absolute atomic E-state index is 13.4. The second-order valence-corrected chi connectivity index (χ2v) is 6.03. The topological polar surface area (TPSA) is 44.1 Å². The van der Waals surface area contributed by atoms with Gasteiger partial charge in [0.1, 0.15) is 5.69 Å². The molecule has 1 aliphatic rings. The molecule has 0 spiro atoms. The Kier molecular flexibility index (Phi) is 4.64. The van der Waals surface area contributed by atoms with Gasteiger partial charge >= 0.3 is 5.97 Å². The highest BCUT2D eigenvalue weighted by molar-refractivity contribution is 5.90. The van der Waals surface area contributed by atoms with Crippen LogP contribution in [0.2, 0.25) is 0 Å². The minimum atomic E-state index is -2.60. The van der Waals surface area contributed by atoms with Gasteiger partial charge in [-0.2, -0.15) is 5.10 Å². The molecule has 1 unspecified atom stereocenters. The fourth-order valence-electron chi connectivity index (χ4n) is 3.32. The van der Waals surface area contributed by atoms with Gasteiger partial charge in [0.15, 0.2) is 0 Å². The number of ether oxygens (including phenoxy) is 1. The van der Waals surface area contributed by atoms with Crippen LogP contribution in [-0.2, 0) is 11.2 Å². The summed E-state index contributed by atoms with van der Waals surface area (Å²) < 4.78 is 33.3. The summed E-state index contributed by atoms with van der Waals surface area (Å²) in [5, 5.41) is 4.17. The normalized spacial score (nSPS) is 17.0. The van der Waals surface area contributed by atoms with Gasteiger partial charge < -0.3 is 4.74 Å². The minimum Gasteiger partial charge on any atom is -0.462 e. The second-order valence-electron chi connectivity index (χ2n) is 6.03. The van der Waals surface area contributed by atoms with Crippen molar-refractivity contribution in [2.45, 2.75) is 45.5 Å². The summed E-state index contributed by atoms with van der Waals surface area (Å²) in [6, 6.07) is 6.77. The van der Waals surface area contributed by atoms with Crippen LogP contribution in [0.5, 0.6) is 0 Å². The third-order valence-corrected chi connectivity index (χ3v) is 4.39. The molecule has 0 fully saturated rings. The first-order valence-electron chi connectivity index (χ1n) is 8.20. The molecule has 0 amide bonds. The number of alkyl halides is 2. The van der Waals surface area contributed by atoms with E-state index in [0.717, 1.165) is 18.5 Å². The molecule has 0 saturated heterocycles. The van der Waals surface area contributed by atoms with Crippen LogP contribution in [0.3, 0.4) is 0 Å². The van der Waals surface area contributed by atoms with E-state index in [1.54, 1.807) is 35.9 Å². The first kappa shape index (κ1) is 16.6. The Morgan fingerprint density at radius 2 is 2.25 bits per heavy atom. The van der Waals surface area contributed by atoms with Gasteiger partial charge in [0.2, 0.25) is 0 Å². The lowest BCUT2D eigenvalue weighted by molar-refractivity contribution is 0.0526. The number of hydrogen-bond acceptors (Lipinski definition) is 3. The smallest absolute Gasteiger partial charge is 0.338 e. The van der Waals surface area contributed by atoms with Crippen LogP contribution in [0.15, 0.2) is 24.3 Å². The number of carbonyl (C=O) groups is 1. The van der Waals surface area contributed by atoms with Gasteiger partial charge in [0.05, 0.1) is 23.6 Å². The van der Waals surface area contributed by atoms with E-state index in [1.165, 1.54) is 0 Å². The molecule has 24 heavy (non-hydrogen) atoms. The Morgan fingerprint density at radius 3 is 2.96 bits per heavy atom. The predicted octanol–water partition coefficient (Wildman–Crippen LogP) is 4.43. The fraction of sp³-hybridized carbons (Fsp3) is 0.444.